The molecule has 0 bridgehead atoms. The summed E-state index contributed by atoms with van der Waals surface area (Å²) in [6.45, 7) is 0. The Morgan fingerprint density at radius 1 is 1.50 bits per heavy atom. The van der Waals surface area contributed by atoms with E-state index in [1.165, 1.54) is 19.3 Å². The van der Waals surface area contributed by atoms with E-state index < -0.39 is 0 Å². The highest BCUT2D eigenvalue weighted by Gasteiger charge is 2.36. The average Bonchev–Trinajstić information content (AvgIpc) is 2.98. The SMILES string of the molecule is CN(C(=O)N[C@H](c1nccs1)C1CC1)C1CCC1. The quantitative estimate of drug-likeness (QED) is 0.910. The van der Waals surface area contributed by atoms with Crippen LogP contribution in [0.4, 0.5) is 4.79 Å². The molecule has 0 spiro atoms. The number of amides is 2. The van der Waals surface area contributed by atoms with Gasteiger partial charge in [0, 0.05) is 24.7 Å². The lowest BCUT2D eigenvalue weighted by Crippen LogP contribution is -2.47. The summed E-state index contributed by atoms with van der Waals surface area (Å²) in [5.74, 6) is 0.592. The number of rotatable bonds is 4. The third kappa shape index (κ3) is 2.36. The molecule has 18 heavy (non-hydrogen) atoms. The van der Waals surface area contributed by atoms with Crippen LogP contribution in [-0.4, -0.2) is 29.0 Å². The average molecular weight is 265 g/mol. The van der Waals surface area contributed by atoms with Crippen molar-refractivity contribution in [3.8, 4) is 0 Å². The molecule has 1 aromatic rings. The van der Waals surface area contributed by atoms with E-state index in [1.807, 2.05) is 23.5 Å². The van der Waals surface area contributed by atoms with Gasteiger partial charge in [0.25, 0.3) is 0 Å². The van der Waals surface area contributed by atoms with Gasteiger partial charge in [0.05, 0.1) is 6.04 Å². The lowest BCUT2D eigenvalue weighted by Gasteiger charge is -2.35. The number of nitrogens with zero attached hydrogens (tertiary/aromatic N) is 2. The van der Waals surface area contributed by atoms with Gasteiger partial charge in [-0.3, -0.25) is 0 Å². The van der Waals surface area contributed by atoms with Crippen LogP contribution in [0.1, 0.15) is 43.2 Å². The van der Waals surface area contributed by atoms with E-state index in [-0.39, 0.29) is 12.1 Å². The molecule has 0 aliphatic heterocycles. The molecule has 0 radical (unpaired) electrons. The summed E-state index contributed by atoms with van der Waals surface area (Å²) < 4.78 is 0. The van der Waals surface area contributed by atoms with Gasteiger partial charge < -0.3 is 10.2 Å². The van der Waals surface area contributed by atoms with Gasteiger partial charge >= 0.3 is 6.03 Å². The zero-order valence-electron chi connectivity index (χ0n) is 10.6. The fraction of sp³-hybridized carbons (Fsp3) is 0.692. The molecule has 1 aromatic heterocycles. The van der Waals surface area contributed by atoms with Crippen molar-refractivity contribution in [2.45, 2.75) is 44.2 Å². The van der Waals surface area contributed by atoms with Crippen molar-refractivity contribution in [1.29, 1.82) is 0 Å². The molecule has 2 saturated carbocycles. The van der Waals surface area contributed by atoms with Gasteiger partial charge in [0.1, 0.15) is 5.01 Å². The van der Waals surface area contributed by atoms with Gasteiger partial charge in [-0.15, -0.1) is 11.3 Å². The van der Waals surface area contributed by atoms with Gasteiger partial charge in [0.2, 0.25) is 0 Å². The molecule has 1 heterocycles. The maximum atomic E-state index is 12.2. The van der Waals surface area contributed by atoms with Crippen molar-refractivity contribution in [1.82, 2.24) is 15.2 Å². The van der Waals surface area contributed by atoms with Crippen molar-refractivity contribution >= 4 is 17.4 Å². The number of carbonyl (C=O) groups excluding carboxylic acids is 1. The van der Waals surface area contributed by atoms with Crippen LogP contribution in [0.15, 0.2) is 11.6 Å². The third-order valence-corrected chi connectivity index (χ3v) is 4.89. The topological polar surface area (TPSA) is 45.2 Å². The Labute approximate surface area is 111 Å². The normalized spacial score (nSPS) is 21.2. The Balaban J connectivity index is 1.63. The fourth-order valence-corrected chi connectivity index (χ4v) is 3.15. The van der Waals surface area contributed by atoms with E-state index in [2.05, 4.69) is 10.3 Å². The predicted octanol–water partition coefficient (Wildman–Crippen LogP) is 2.79. The lowest BCUT2D eigenvalue weighted by molar-refractivity contribution is 0.153. The first-order valence-corrected chi connectivity index (χ1v) is 7.56. The highest BCUT2D eigenvalue weighted by Crippen LogP contribution is 2.41. The molecular formula is C13H19N3OS. The van der Waals surface area contributed by atoms with Crippen LogP contribution in [-0.2, 0) is 0 Å². The van der Waals surface area contributed by atoms with Gasteiger partial charge in [-0.05, 0) is 38.0 Å². The number of carbonyl (C=O) groups is 1. The number of hydrogen-bond donors (Lipinski definition) is 1. The molecule has 2 aliphatic rings. The van der Waals surface area contributed by atoms with Crippen LogP contribution in [0.3, 0.4) is 0 Å². The molecule has 1 atom stereocenters. The molecule has 4 nitrogen and oxygen atoms in total. The zero-order valence-corrected chi connectivity index (χ0v) is 11.4. The minimum absolute atomic E-state index is 0.0619. The summed E-state index contributed by atoms with van der Waals surface area (Å²) in [7, 11) is 1.91. The van der Waals surface area contributed by atoms with Crippen molar-refractivity contribution in [2.24, 2.45) is 5.92 Å². The van der Waals surface area contributed by atoms with Crippen molar-refractivity contribution in [3.63, 3.8) is 0 Å². The number of aromatic nitrogens is 1. The molecule has 5 heteroatoms. The van der Waals surface area contributed by atoms with Crippen LogP contribution in [0.5, 0.6) is 0 Å². The summed E-state index contributed by atoms with van der Waals surface area (Å²) in [5, 5.41) is 6.19. The van der Waals surface area contributed by atoms with Crippen molar-refractivity contribution < 1.29 is 4.79 Å². The Kier molecular flexibility index (Phi) is 3.24. The second-order valence-corrected chi connectivity index (χ2v) is 6.26. The Morgan fingerprint density at radius 3 is 2.78 bits per heavy atom. The molecule has 98 valence electrons. The van der Waals surface area contributed by atoms with E-state index in [9.17, 15) is 4.79 Å². The third-order valence-electron chi connectivity index (χ3n) is 4.03. The lowest BCUT2D eigenvalue weighted by atomic mass is 9.92. The Hall–Kier alpha value is -1.10. The fourth-order valence-electron chi connectivity index (χ4n) is 2.37. The summed E-state index contributed by atoms with van der Waals surface area (Å²) >= 11 is 1.64. The largest absolute Gasteiger partial charge is 0.328 e. The van der Waals surface area contributed by atoms with Gasteiger partial charge in [-0.1, -0.05) is 0 Å². The van der Waals surface area contributed by atoms with Crippen LogP contribution in [0.2, 0.25) is 0 Å². The number of nitrogens with one attached hydrogen (secondary N) is 1. The standard InChI is InChI=1S/C13H19N3OS/c1-16(10-3-2-4-10)13(17)15-11(9-5-6-9)12-14-7-8-18-12/h7-11H,2-6H2,1H3,(H,15,17)/t11-/m0/s1. The molecule has 0 unspecified atom stereocenters. The van der Waals surface area contributed by atoms with Crippen molar-refractivity contribution in [3.05, 3.63) is 16.6 Å². The van der Waals surface area contributed by atoms with E-state index in [0.717, 1.165) is 17.8 Å². The predicted molar refractivity (Wildman–Crippen MR) is 71.5 cm³/mol. The summed E-state index contributed by atoms with van der Waals surface area (Å²) in [6.07, 6.45) is 7.78. The van der Waals surface area contributed by atoms with Gasteiger partial charge in [-0.2, -0.15) is 0 Å². The Morgan fingerprint density at radius 2 is 2.28 bits per heavy atom. The first-order chi connectivity index (χ1) is 8.75. The summed E-state index contributed by atoms with van der Waals surface area (Å²) in [5.41, 5.74) is 0. The monoisotopic (exact) mass is 265 g/mol. The summed E-state index contributed by atoms with van der Waals surface area (Å²) in [4.78, 5) is 18.4. The van der Waals surface area contributed by atoms with Gasteiger partial charge in [-0.25, -0.2) is 9.78 Å². The number of thiazole rings is 1. The van der Waals surface area contributed by atoms with Crippen LogP contribution < -0.4 is 5.32 Å². The first-order valence-electron chi connectivity index (χ1n) is 6.68. The first kappa shape index (κ1) is 12.0. The van der Waals surface area contributed by atoms with Crippen LogP contribution in [0, 0.1) is 5.92 Å². The van der Waals surface area contributed by atoms with E-state index in [4.69, 9.17) is 0 Å². The molecule has 2 aliphatic carbocycles. The van der Waals surface area contributed by atoms with Crippen LogP contribution in [0.25, 0.3) is 0 Å². The van der Waals surface area contributed by atoms with E-state index in [1.54, 1.807) is 11.3 Å². The number of hydrogen-bond acceptors (Lipinski definition) is 3. The molecular weight excluding hydrogens is 246 g/mol. The minimum atomic E-state index is 0.0619. The second-order valence-electron chi connectivity index (χ2n) is 5.33. The maximum Gasteiger partial charge on any atom is 0.317 e. The second kappa shape index (κ2) is 4.88. The molecule has 2 amide bonds. The smallest absolute Gasteiger partial charge is 0.317 e. The molecule has 0 saturated heterocycles. The molecule has 2 fully saturated rings. The Bertz CT molecular complexity index is 412. The highest BCUT2D eigenvalue weighted by atomic mass is 32.1. The van der Waals surface area contributed by atoms with E-state index in [0.29, 0.717) is 12.0 Å². The number of urea groups is 1. The van der Waals surface area contributed by atoms with E-state index >= 15 is 0 Å². The molecule has 3 rings (SSSR count). The van der Waals surface area contributed by atoms with Gasteiger partial charge in [0.15, 0.2) is 0 Å². The molecule has 0 aromatic carbocycles. The summed E-state index contributed by atoms with van der Waals surface area (Å²) in [6, 6.07) is 0.632. The minimum Gasteiger partial charge on any atom is -0.328 e. The molecule has 1 N–H and O–H groups in total. The zero-order chi connectivity index (χ0) is 12.5. The van der Waals surface area contributed by atoms with Crippen molar-refractivity contribution in [2.75, 3.05) is 7.05 Å². The highest BCUT2D eigenvalue weighted by molar-refractivity contribution is 7.09. The van der Waals surface area contributed by atoms with Crippen LogP contribution >= 0.6 is 11.3 Å². The maximum absolute atomic E-state index is 12.2.